The topological polar surface area (TPSA) is 37.3 Å². The van der Waals surface area contributed by atoms with Gasteiger partial charge in [0.25, 0.3) is 0 Å². The minimum Gasteiger partial charge on any atom is -0.385 e. The summed E-state index contributed by atoms with van der Waals surface area (Å²) in [6.07, 6.45) is 7.38. The van der Waals surface area contributed by atoms with Crippen molar-refractivity contribution in [3.8, 4) is 0 Å². The molecule has 3 rings (SSSR count). The second-order valence-electron chi connectivity index (χ2n) is 9.01. The van der Waals surface area contributed by atoms with Crippen LogP contribution in [0.4, 0.5) is 0 Å². The molecule has 2 saturated carbocycles. The summed E-state index contributed by atoms with van der Waals surface area (Å²) < 4.78 is 0. The third-order valence-corrected chi connectivity index (χ3v) is 7.37. The first-order valence-electron chi connectivity index (χ1n) is 9.17. The van der Waals surface area contributed by atoms with Crippen molar-refractivity contribution < 1.29 is 9.90 Å². The number of hydrogen-bond acceptors (Lipinski definition) is 2. The molecular weight excluding hydrogens is 272 g/mol. The van der Waals surface area contributed by atoms with Crippen LogP contribution < -0.4 is 0 Å². The minimum atomic E-state index is -0.893. The highest BCUT2D eigenvalue weighted by atomic mass is 16.3. The van der Waals surface area contributed by atoms with Gasteiger partial charge < -0.3 is 5.11 Å². The SMILES string of the molecule is CC(C)[C@H]1CC[C@]2(C)C[C@]3(O)C(=CC(=O)[C@H]3C)[C@@H](C)CC[C@@H]12. The quantitative estimate of drug-likeness (QED) is 0.781. The monoisotopic (exact) mass is 304 g/mol. The molecule has 0 aromatic rings. The number of allylic oxidation sites excluding steroid dienone is 1. The van der Waals surface area contributed by atoms with E-state index in [9.17, 15) is 9.90 Å². The van der Waals surface area contributed by atoms with Crippen LogP contribution >= 0.6 is 0 Å². The second-order valence-corrected chi connectivity index (χ2v) is 9.01. The van der Waals surface area contributed by atoms with Gasteiger partial charge in [-0.3, -0.25) is 4.79 Å². The molecule has 0 bridgehead atoms. The first-order chi connectivity index (χ1) is 10.2. The maximum Gasteiger partial charge on any atom is 0.161 e. The molecule has 0 saturated heterocycles. The number of rotatable bonds is 1. The van der Waals surface area contributed by atoms with Gasteiger partial charge in [-0.1, -0.05) is 34.6 Å². The Hall–Kier alpha value is -0.630. The average Bonchev–Trinajstić information content (AvgIpc) is 2.85. The van der Waals surface area contributed by atoms with Crippen molar-refractivity contribution in [2.24, 2.45) is 35.0 Å². The zero-order chi connectivity index (χ0) is 16.3. The summed E-state index contributed by atoms with van der Waals surface area (Å²) in [6.45, 7) is 11.2. The first-order valence-corrected chi connectivity index (χ1v) is 9.17. The van der Waals surface area contributed by atoms with Gasteiger partial charge in [-0.05, 0) is 72.8 Å². The van der Waals surface area contributed by atoms with E-state index < -0.39 is 5.60 Å². The molecule has 6 atom stereocenters. The second kappa shape index (κ2) is 5.19. The van der Waals surface area contributed by atoms with E-state index in [1.54, 1.807) is 6.08 Å². The number of fused-ring (bicyclic) bond motifs is 2. The molecule has 0 aliphatic heterocycles. The fourth-order valence-corrected chi connectivity index (χ4v) is 5.89. The van der Waals surface area contributed by atoms with Crippen LogP contribution in [0.3, 0.4) is 0 Å². The minimum absolute atomic E-state index is 0.129. The summed E-state index contributed by atoms with van der Waals surface area (Å²) in [5.74, 6) is 2.39. The van der Waals surface area contributed by atoms with E-state index in [0.717, 1.165) is 24.3 Å². The Morgan fingerprint density at radius 1 is 1.23 bits per heavy atom. The van der Waals surface area contributed by atoms with Crippen LogP contribution in [0, 0.1) is 35.0 Å². The van der Waals surface area contributed by atoms with Crippen LogP contribution in [0.5, 0.6) is 0 Å². The van der Waals surface area contributed by atoms with E-state index in [1.165, 1.54) is 19.3 Å². The fourth-order valence-electron chi connectivity index (χ4n) is 5.89. The van der Waals surface area contributed by atoms with Crippen molar-refractivity contribution in [2.75, 3.05) is 0 Å². The lowest BCUT2D eigenvalue weighted by Crippen LogP contribution is -2.46. The van der Waals surface area contributed by atoms with Crippen molar-refractivity contribution in [3.05, 3.63) is 11.6 Å². The standard InChI is InChI=1S/C20H32O2/c1-12(2)15-8-9-19(5)11-20(22)14(4)18(21)10-17(20)13(3)6-7-16(15)19/h10,12-16,22H,6-9,11H2,1-5H3/t13-,14+,15+,16-,19+,20+/m0/s1. The van der Waals surface area contributed by atoms with E-state index >= 15 is 0 Å². The van der Waals surface area contributed by atoms with Gasteiger partial charge in [-0.25, -0.2) is 0 Å². The molecular formula is C20H32O2. The molecule has 0 radical (unpaired) electrons. The van der Waals surface area contributed by atoms with Crippen LogP contribution in [0.25, 0.3) is 0 Å². The van der Waals surface area contributed by atoms with E-state index in [2.05, 4.69) is 27.7 Å². The molecule has 0 aromatic heterocycles. The van der Waals surface area contributed by atoms with Crippen LogP contribution in [-0.2, 0) is 4.79 Å². The predicted molar refractivity (Wildman–Crippen MR) is 89.4 cm³/mol. The number of ketones is 1. The molecule has 124 valence electrons. The third kappa shape index (κ3) is 2.21. The van der Waals surface area contributed by atoms with Gasteiger partial charge in [0.15, 0.2) is 5.78 Å². The van der Waals surface area contributed by atoms with Gasteiger partial charge >= 0.3 is 0 Å². The molecule has 0 heterocycles. The van der Waals surface area contributed by atoms with Gasteiger partial charge in [-0.2, -0.15) is 0 Å². The number of hydrogen-bond donors (Lipinski definition) is 1. The van der Waals surface area contributed by atoms with E-state index in [-0.39, 0.29) is 17.1 Å². The Balaban J connectivity index is 1.99. The van der Waals surface area contributed by atoms with Gasteiger partial charge in [0, 0.05) is 0 Å². The molecule has 2 nitrogen and oxygen atoms in total. The summed E-state index contributed by atoms with van der Waals surface area (Å²) in [5.41, 5.74) is 0.315. The van der Waals surface area contributed by atoms with Gasteiger partial charge in [0.05, 0.1) is 11.5 Å². The van der Waals surface area contributed by atoms with E-state index in [4.69, 9.17) is 0 Å². The summed E-state index contributed by atoms with van der Waals surface area (Å²) in [5, 5.41) is 11.5. The van der Waals surface area contributed by atoms with Crippen molar-refractivity contribution >= 4 is 5.78 Å². The van der Waals surface area contributed by atoms with Gasteiger partial charge in [0.2, 0.25) is 0 Å². The zero-order valence-corrected chi connectivity index (χ0v) is 14.9. The molecule has 0 aromatic carbocycles. The number of aliphatic hydroxyl groups is 1. The molecule has 2 fully saturated rings. The Morgan fingerprint density at radius 2 is 1.91 bits per heavy atom. The smallest absolute Gasteiger partial charge is 0.161 e. The van der Waals surface area contributed by atoms with Gasteiger partial charge in [0.1, 0.15) is 0 Å². The molecule has 3 aliphatic rings. The highest BCUT2D eigenvalue weighted by molar-refractivity contribution is 5.97. The average molecular weight is 304 g/mol. The van der Waals surface area contributed by atoms with E-state index in [0.29, 0.717) is 17.8 Å². The molecule has 22 heavy (non-hydrogen) atoms. The van der Waals surface area contributed by atoms with Gasteiger partial charge in [-0.15, -0.1) is 0 Å². The summed E-state index contributed by atoms with van der Waals surface area (Å²) in [6, 6.07) is 0. The largest absolute Gasteiger partial charge is 0.385 e. The molecule has 0 amide bonds. The maximum atomic E-state index is 12.2. The summed E-state index contributed by atoms with van der Waals surface area (Å²) in [7, 11) is 0. The van der Waals surface area contributed by atoms with Crippen molar-refractivity contribution in [2.45, 2.75) is 72.3 Å². The first kappa shape index (κ1) is 16.2. The van der Waals surface area contributed by atoms with Crippen LogP contribution in [0.2, 0.25) is 0 Å². The predicted octanol–water partition coefficient (Wildman–Crippen LogP) is 4.37. The Morgan fingerprint density at radius 3 is 2.55 bits per heavy atom. The van der Waals surface area contributed by atoms with Crippen LogP contribution in [0.1, 0.15) is 66.7 Å². The zero-order valence-electron chi connectivity index (χ0n) is 14.9. The summed E-state index contributed by atoms with van der Waals surface area (Å²) >= 11 is 0. The molecule has 2 heteroatoms. The molecule has 1 N–H and O–H groups in total. The van der Waals surface area contributed by atoms with Crippen molar-refractivity contribution in [3.63, 3.8) is 0 Å². The van der Waals surface area contributed by atoms with Crippen LogP contribution in [-0.4, -0.2) is 16.5 Å². The Bertz CT molecular complexity index is 506. The highest BCUT2D eigenvalue weighted by Gasteiger charge is 2.56. The number of carbonyl (C=O) groups excluding carboxylic acids is 1. The number of carbonyl (C=O) groups is 1. The van der Waals surface area contributed by atoms with E-state index in [1.807, 2.05) is 6.92 Å². The Labute approximate surface area is 135 Å². The lowest BCUT2D eigenvalue weighted by atomic mass is 9.61. The van der Waals surface area contributed by atoms with Crippen LogP contribution in [0.15, 0.2) is 11.6 Å². The van der Waals surface area contributed by atoms with Crippen molar-refractivity contribution in [1.29, 1.82) is 0 Å². The fraction of sp³-hybridized carbons (Fsp3) is 0.850. The maximum absolute atomic E-state index is 12.2. The normalized spacial score (nSPS) is 48.7. The molecule has 3 aliphatic carbocycles. The third-order valence-electron chi connectivity index (χ3n) is 7.37. The Kier molecular flexibility index (Phi) is 3.83. The molecule has 0 spiro atoms. The summed E-state index contributed by atoms with van der Waals surface area (Å²) in [4.78, 5) is 12.2. The highest BCUT2D eigenvalue weighted by Crippen LogP contribution is 2.59. The lowest BCUT2D eigenvalue weighted by Gasteiger charge is -2.46. The molecule has 0 unspecified atom stereocenters. The van der Waals surface area contributed by atoms with Crippen molar-refractivity contribution in [1.82, 2.24) is 0 Å². The lowest BCUT2D eigenvalue weighted by molar-refractivity contribution is -0.124.